The Balaban J connectivity index is 0.00000507. The number of hydrogen-bond acceptors (Lipinski definition) is 7. The fourth-order valence-corrected chi connectivity index (χ4v) is 4.96. The molecule has 1 fully saturated rings. The van der Waals surface area contributed by atoms with Gasteiger partial charge in [-0.1, -0.05) is 12.1 Å². The number of pyridine rings is 1. The van der Waals surface area contributed by atoms with Crippen molar-refractivity contribution in [3.63, 3.8) is 0 Å². The Morgan fingerprint density at radius 3 is 2.32 bits per heavy atom. The molecule has 1 aliphatic rings. The van der Waals surface area contributed by atoms with Crippen LogP contribution in [-0.4, -0.2) is 72.2 Å². The number of alkyl halides is 2. The summed E-state index contributed by atoms with van der Waals surface area (Å²) in [5, 5.41) is 8.93. The van der Waals surface area contributed by atoms with E-state index in [1.54, 1.807) is 18.2 Å². The van der Waals surface area contributed by atoms with Crippen LogP contribution in [0.2, 0.25) is 0 Å². The number of benzene rings is 1. The van der Waals surface area contributed by atoms with E-state index in [9.17, 15) is 26.8 Å². The lowest BCUT2D eigenvalue weighted by molar-refractivity contribution is -0.131. The summed E-state index contributed by atoms with van der Waals surface area (Å²) >= 11 is 0. The van der Waals surface area contributed by atoms with Gasteiger partial charge in [0.25, 0.3) is 17.4 Å². The Bertz CT molecular complexity index is 1250. The highest BCUT2D eigenvalue weighted by atomic mass is 35.5. The van der Waals surface area contributed by atoms with Crippen LogP contribution < -0.4 is 15.8 Å². The number of piperidine rings is 1. The molecule has 1 unspecified atom stereocenters. The van der Waals surface area contributed by atoms with Crippen molar-refractivity contribution in [3.05, 3.63) is 52.9 Å². The molecule has 2 N–H and O–H groups in total. The molecule has 1 saturated heterocycles. The first-order valence-corrected chi connectivity index (χ1v) is 13.9. The van der Waals surface area contributed by atoms with Gasteiger partial charge in [-0.2, -0.15) is 0 Å². The second-order valence-electron chi connectivity index (χ2n) is 9.56. The van der Waals surface area contributed by atoms with Crippen molar-refractivity contribution in [1.29, 1.82) is 0 Å². The Kier molecular flexibility index (Phi) is 10.8. The first kappa shape index (κ1) is 31.7. The molecule has 1 aromatic heterocycles. The van der Waals surface area contributed by atoms with Crippen molar-refractivity contribution >= 4 is 28.2 Å². The lowest BCUT2D eigenvalue weighted by atomic mass is 10.1. The molecule has 13 heteroatoms. The van der Waals surface area contributed by atoms with Crippen LogP contribution in [0, 0.1) is 0 Å². The van der Waals surface area contributed by atoms with Crippen LogP contribution in [0.25, 0.3) is 11.1 Å². The van der Waals surface area contributed by atoms with Gasteiger partial charge in [0.2, 0.25) is 0 Å². The van der Waals surface area contributed by atoms with Crippen LogP contribution in [0.3, 0.4) is 0 Å². The molecular weight excluding hydrogens is 544 g/mol. The van der Waals surface area contributed by atoms with Gasteiger partial charge in [0, 0.05) is 57.5 Å². The maximum absolute atomic E-state index is 13.2. The van der Waals surface area contributed by atoms with E-state index < -0.39 is 26.4 Å². The third-order valence-corrected chi connectivity index (χ3v) is 8.92. The number of carbonyl (C=O) groups is 1. The smallest absolute Gasteiger partial charge is 0.264 e. The molecule has 1 amide bonds. The average molecular weight is 578 g/mol. The number of sulfone groups is 1. The zero-order valence-corrected chi connectivity index (χ0v) is 23.0. The molecule has 0 aliphatic carbocycles. The quantitative estimate of drug-likeness (QED) is 0.239. The van der Waals surface area contributed by atoms with Crippen molar-refractivity contribution in [2.24, 2.45) is 0 Å². The Morgan fingerprint density at radius 2 is 1.76 bits per heavy atom. The molecular formula is C25H34ClF2N3O6S. The number of hydroxylamine groups is 1. The number of nitrogens with one attached hydrogen (secondary N) is 1. The van der Waals surface area contributed by atoms with Crippen LogP contribution >= 0.6 is 12.4 Å². The van der Waals surface area contributed by atoms with Gasteiger partial charge in [0.1, 0.15) is 5.75 Å². The highest BCUT2D eigenvalue weighted by molar-refractivity contribution is 7.92. The molecule has 0 saturated carbocycles. The summed E-state index contributed by atoms with van der Waals surface area (Å²) in [6, 6.07) is 10.3. The third kappa shape index (κ3) is 7.98. The summed E-state index contributed by atoms with van der Waals surface area (Å²) in [7, 11) is -3.86. The summed E-state index contributed by atoms with van der Waals surface area (Å²) < 4.78 is 55.8. The molecule has 2 aromatic rings. The van der Waals surface area contributed by atoms with E-state index in [-0.39, 0.29) is 43.8 Å². The summed E-state index contributed by atoms with van der Waals surface area (Å²) in [5.41, 5.74) is 2.47. The fraction of sp³-hybridized carbons (Fsp3) is 0.520. The zero-order chi connectivity index (χ0) is 27.3. The molecule has 1 aliphatic heterocycles. The number of aryl methyl sites for hydroxylation is 1. The van der Waals surface area contributed by atoms with E-state index in [1.807, 2.05) is 17.0 Å². The number of likely N-dealkylation sites (tertiary alicyclic amines) is 1. The summed E-state index contributed by atoms with van der Waals surface area (Å²) in [6.07, 6.45) is 2.76. The molecule has 38 heavy (non-hydrogen) atoms. The highest BCUT2D eigenvalue weighted by Crippen LogP contribution is 2.28. The molecule has 212 valence electrons. The van der Waals surface area contributed by atoms with E-state index >= 15 is 0 Å². The van der Waals surface area contributed by atoms with Gasteiger partial charge in [-0.15, -0.1) is 12.4 Å². The number of hydrogen-bond donors (Lipinski definition) is 2. The molecule has 0 radical (unpaired) electrons. The maximum atomic E-state index is 13.2. The largest absolute Gasteiger partial charge is 0.494 e. The summed E-state index contributed by atoms with van der Waals surface area (Å²) in [6.45, 7) is 3.13. The minimum absolute atomic E-state index is 0. The van der Waals surface area contributed by atoms with Crippen molar-refractivity contribution < 1.29 is 31.9 Å². The SMILES string of the molecule is CC(CCn1ccc(-c2ccc(OCCCN3CCC(F)(F)CC3)cc2)cc1=O)(C(=O)NO)S(C)(=O)=O.Cl. The molecule has 2 heterocycles. The number of rotatable bonds is 11. The van der Waals surface area contributed by atoms with Crippen LogP contribution in [-0.2, 0) is 21.2 Å². The average Bonchev–Trinajstić information content (AvgIpc) is 2.85. The number of carbonyl (C=O) groups excluding carboxylic acids is 1. The van der Waals surface area contributed by atoms with Gasteiger partial charge in [-0.3, -0.25) is 14.8 Å². The predicted molar refractivity (Wildman–Crippen MR) is 142 cm³/mol. The van der Waals surface area contributed by atoms with Gasteiger partial charge >= 0.3 is 0 Å². The van der Waals surface area contributed by atoms with E-state index in [2.05, 4.69) is 0 Å². The third-order valence-electron chi connectivity index (χ3n) is 6.89. The summed E-state index contributed by atoms with van der Waals surface area (Å²) in [5.74, 6) is -2.94. The number of nitrogens with zero attached hydrogens (tertiary/aromatic N) is 2. The minimum Gasteiger partial charge on any atom is -0.494 e. The van der Waals surface area contributed by atoms with E-state index in [4.69, 9.17) is 9.94 Å². The van der Waals surface area contributed by atoms with E-state index in [0.29, 0.717) is 37.6 Å². The van der Waals surface area contributed by atoms with Crippen LogP contribution in [0.5, 0.6) is 5.75 Å². The van der Waals surface area contributed by atoms with Gasteiger partial charge in [0.05, 0.1) is 6.61 Å². The number of ether oxygens (including phenoxy) is 1. The lowest BCUT2D eigenvalue weighted by Crippen LogP contribution is -2.49. The van der Waals surface area contributed by atoms with Gasteiger partial charge in [0.15, 0.2) is 14.6 Å². The number of amides is 1. The topological polar surface area (TPSA) is 118 Å². The van der Waals surface area contributed by atoms with Crippen molar-refractivity contribution in [2.45, 2.75) is 49.8 Å². The predicted octanol–water partition coefficient (Wildman–Crippen LogP) is 3.14. The molecule has 0 spiro atoms. The Labute approximate surface area is 227 Å². The van der Waals surface area contributed by atoms with Crippen LogP contribution in [0.1, 0.15) is 32.6 Å². The van der Waals surface area contributed by atoms with Gasteiger partial charge < -0.3 is 14.2 Å². The zero-order valence-electron chi connectivity index (χ0n) is 21.4. The standard InChI is InChI=1S/C25H33F2N3O6S.ClH/c1-24(23(32)28-33,37(2,34)35)9-16-30-13-8-20(18-22(30)31)19-4-6-21(7-5-19)36-17-3-12-29-14-10-25(26,27)11-15-29;/h4-8,13,18,33H,3,9-12,14-17H2,1-2H3,(H,28,32);1H. The van der Waals surface area contributed by atoms with Crippen LogP contribution in [0.15, 0.2) is 47.4 Å². The van der Waals surface area contributed by atoms with Gasteiger partial charge in [-0.25, -0.2) is 22.7 Å². The highest BCUT2D eigenvalue weighted by Gasteiger charge is 2.43. The van der Waals surface area contributed by atoms with E-state index in [0.717, 1.165) is 18.2 Å². The van der Waals surface area contributed by atoms with E-state index in [1.165, 1.54) is 29.2 Å². The first-order chi connectivity index (χ1) is 17.3. The second kappa shape index (κ2) is 13.0. The maximum Gasteiger partial charge on any atom is 0.264 e. The minimum atomic E-state index is -3.86. The molecule has 9 nitrogen and oxygen atoms in total. The molecule has 1 aromatic carbocycles. The lowest BCUT2D eigenvalue weighted by Gasteiger charge is -2.31. The van der Waals surface area contributed by atoms with Crippen LogP contribution in [0.4, 0.5) is 8.78 Å². The van der Waals surface area contributed by atoms with Crippen molar-refractivity contribution in [3.8, 4) is 16.9 Å². The molecule has 1 atom stereocenters. The normalized spacial score (nSPS) is 17.2. The van der Waals surface area contributed by atoms with Crippen molar-refractivity contribution in [1.82, 2.24) is 14.9 Å². The monoisotopic (exact) mass is 577 g/mol. The van der Waals surface area contributed by atoms with Gasteiger partial charge in [-0.05, 0) is 49.1 Å². The Hall–Kier alpha value is -2.54. The molecule has 0 bridgehead atoms. The molecule has 3 rings (SSSR count). The number of halogens is 3. The second-order valence-corrected chi connectivity index (χ2v) is 12.0. The first-order valence-electron chi connectivity index (χ1n) is 12.0. The fourth-order valence-electron chi connectivity index (χ4n) is 4.12. The van der Waals surface area contributed by atoms with Crippen molar-refractivity contribution in [2.75, 3.05) is 32.5 Å². The Morgan fingerprint density at radius 1 is 1.13 bits per heavy atom. The summed E-state index contributed by atoms with van der Waals surface area (Å²) in [4.78, 5) is 26.6. The number of aromatic nitrogens is 1.